The molecule has 21 heavy (non-hydrogen) atoms. The maximum atomic E-state index is 10.4. The van der Waals surface area contributed by atoms with Gasteiger partial charge in [-0.1, -0.05) is 21.6 Å². The molecule has 0 fully saturated rings. The first-order chi connectivity index (χ1) is 9.93. The number of hydrogen-bond acceptors (Lipinski definition) is 6. The van der Waals surface area contributed by atoms with Gasteiger partial charge in [0.2, 0.25) is 5.91 Å². The van der Waals surface area contributed by atoms with Gasteiger partial charge in [-0.3, -0.25) is 19.4 Å². The highest BCUT2D eigenvalue weighted by Gasteiger charge is 1.99. The van der Waals surface area contributed by atoms with Gasteiger partial charge in [0.1, 0.15) is 0 Å². The van der Waals surface area contributed by atoms with Crippen LogP contribution in [0.4, 0.5) is 0 Å². The highest BCUT2D eigenvalue weighted by molar-refractivity contribution is 8.76. The van der Waals surface area contributed by atoms with E-state index in [1.165, 1.54) is 27.8 Å². The lowest BCUT2D eigenvalue weighted by Gasteiger charge is -1.95. The Morgan fingerprint density at radius 2 is 1.62 bits per heavy atom. The van der Waals surface area contributed by atoms with Crippen molar-refractivity contribution in [2.45, 2.75) is 12.8 Å². The van der Waals surface area contributed by atoms with Crippen molar-refractivity contribution in [1.82, 2.24) is 4.98 Å². The first-order valence-corrected chi connectivity index (χ1v) is 8.30. The molecule has 0 radical (unpaired) electrons. The fraction of sp³-hybridized carbons (Fsp3) is 0.333. The molecule has 1 amide bonds. The van der Waals surface area contributed by atoms with Gasteiger partial charge in [-0.25, -0.2) is 0 Å². The summed E-state index contributed by atoms with van der Waals surface area (Å²) in [5.41, 5.74) is 5.38. The van der Waals surface area contributed by atoms with Crippen LogP contribution in [0.5, 0.6) is 0 Å². The minimum absolute atomic E-state index is 0.130. The lowest BCUT2D eigenvalue weighted by molar-refractivity contribution is -0.137. The Morgan fingerprint density at radius 3 is 1.90 bits per heavy atom. The number of carbonyl (C=O) groups is 3. The molecule has 0 aromatic carbocycles. The van der Waals surface area contributed by atoms with Crippen molar-refractivity contribution in [3.63, 3.8) is 0 Å². The molecule has 0 spiro atoms. The number of aromatic nitrogens is 1. The van der Waals surface area contributed by atoms with Gasteiger partial charge in [-0.15, -0.1) is 0 Å². The molecular weight excluding hydrogens is 316 g/mol. The lowest BCUT2D eigenvalue weighted by Crippen LogP contribution is -2.10. The molecular formula is C12H16N2O5S2. The SMILES string of the molecule is NC(=O)c1cccnc1.O=C(O)CCSSCCC(=O)O. The number of rotatable bonds is 8. The van der Waals surface area contributed by atoms with E-state index in [4.69, 9.17) is 15.9 Å². The number of nitrogens with zero attached hydrogens (tertiary/aromatic N) is 1. The van der Waals surface area contributed by atoms with Crippen molar-refractivity contribution in [2.75, 3.05) is 11.5 Å². The van der Waals surface area contributed by atoms with Gasteiger partial charge in [-0.05, 0) is 12.1 Å². The van der Waals surface area contributed by atoms with Crippen LogP contribution in [-0.2, 0) is 9.59 Å². The average Bonchev–Trinajstić information content (AvgIpc) is 2.44. The van der Waals surface area contributed by atoms with Crippen molar-refractivity contribution in [2.24, 2.45) is 5.73 Å². The molecule has 1 heterocycles. The number of aliphatic carboxylic acids is 2. The van der Waals surface area contributed by atoms with Gasteiger partial charge >= 0.3 is 11.9 Å². The van der Waals surface area contributed by atoms with Crippen LogP contribution < -0.4 is 5.73 Å². The zero-order chi connectivity index (χ0) is 16.1. The van der Waals surface area contributed by atoms with Gasteiger partial charge in [0.05, 0.1) is 18.4 Å². The summed E-state index contributed by atoms with van der Waals surface area (Å²) < 4.78 is 0. The molecule has 0 saturated carbocycles. The van der Waals surface area contributed by atoms with Crippen molar-refractivity contribution >= 4 is 39.4 Å². The van der Waals surface area contributed by atoms with E-state index in [9.17, 15) is 14.4 Å². The largest absolute Gasteiger partial charge is 0.481 e. The van der Waals surface area contributed by atoms with Crippen LogP contribution in [0.3, 0.4) is 0 Å². The Morgan fingerprint density at radius 1 is 1.10 bits per heavy atom. The summed E-state index contributed by atoms with van der Waals surface area (Å²) >= 11 is 0. The highest BCUT2D eigenvalue weighted by atomic mass is 33.1. The number of carboxylic acid groups (broad SMARTS) is 2. The molecule has 1 aromatic heterocycles. The second-order valence-electron chi connectivity index (χ2n) is 3.54. The van der Waals surface area contributed by atoms with Gasteiger partial charge in [0.15, 0.2) is 0 Å². The third-order valence-corrected chi connectivity index (χ3v) is 4.24. The summed E-state index contributed by atoms with van der Waals surface area (Å²) in [5, 5.41) is 16.5. The summed E-state index contributed by atoms with van der Waals surface area (Å²) in [6.45, 7) is 0. The second kappa shape index (κ2) is 12.0. The van der Waals surface area contributed by atoms with Crippen molar-refractivity contribution in [1.29, 1.82) is 0 Å². The van der Waals surface area contributed by atoms with Crippen LogP contribution in [0.2, 0.25) is 0 Å². The molecule has 0 aliphatic rings. The molecule has 0 unspecified atom stereocenters. The second-order valence-corrected chi connectivity index (χ2v) is 6.24. The zero-order valence-electron chi connectivity index (χ0n) is 11.1. The van der Waals surface area contributed by atoms with E-state index in [0.717, 1.165) is 0 Å². The van der Waals surface area contributed by atoms with Crippen LogP contribution in [0, 0.1) is 0 Å². The minimum atomic E-state index is -0.818. The molecule has 0 saturated heterocycles. The number of primary amides is 1. The third kappa shape index (κ3) is 13.0. The Kier molecular flexibility index (Phi) is 11.0. The summed E-state index contributed by atoms with van der Waals surface area (Å²) in [5.74, 6) is -1.02. The number of pyridine rings is 1. The standard InChI is InChI=1S/C6H6N2O.C6H10O4S2/c7-6(9)5-2-1-3-8-4-5;7-5(8)1-3-11-12-4-2-6(9)10/h1-4H,(H2,7,9);1-4H2,(H,7,8)(H,9,10). The van der Waals surface area contributed by atoms with Crippen LogP contribution in [-0.4, -0.2) is 44.5 Å². The van der Waals surface area contributed by atoms with Gasteiger partial charge in [0.25, 0.3) is 0 Å². The van der Waals surface area contributed by atoms with Crippen LogP contribution in [0.25, 0.3) is 0 Å². The number of carboxylic acids is 2. The fourth-order valence-electron chi connectivity index (χ4n) is 0.884. The topological polar surface area (TPSA) is 131 Å². The number of hydrogen-bond donors (Lipinski definition) is 3. The molecule has 0 atom stereocenters. The normalized spacial score (nSPS) is 9.33. The zero-order valence-corrected chi connectivity index (χ0v) is 12.7. The predicted molar refractivity (Wildman–Crippen MR) is 82.2 cm³/mol. The highest BCUT2D eigenvalue weighted by Crippen LogP contribution is 2.22. The molecule has 0 aliphatic heterocycles. The average molecular weight is 332 g/mol. The third-order valence-electron chi connectivity index (χ3n) is 1.83. The molecule has 9 heteroatoms. The fourth-order valence-corrected chi connectivity index (χ4v) is 2.84. The Labute approximate surface area is 129 Å². The van der Waals surface area contributed by atoms with Crippen molar-refractivity contribution in [3.8, 4) is 0 Å². The van der Waals surface area contributed by atoms with Gasteiger partial charge < -0.3 is 15.9 Å². The maximum Gasteiger partial charge on any atom is 0.304 e. The lowest BCUT2D eigenvalue weighted by atomic mass is 10.3. The Bertz CT molecular complexity index is 438. The van der Waals surface area contributed by atoms with Crippen LogP contribution in [0.15, 0.2) is 24.5 Å². The van der Waals surface area contributed by atoms with Crippen LogP contribution >= 0.6 is 21.6 Å². The maximum absolute atomic E-state index is 10.4. The van der Waals surface area contributed by atoms with Gasteiger partial charge in [-0.2, -0.15) is 0 Å². The minimum Gasteiger partial charge on any atom is -0.481 e. The Hall–Kier alpha value is -1.74. The van der Waals surface area contributed by atoms with E-state index >= 15 is 0 Å². The number of amides is 1. The number of carbonyl (C=O) groups excluding carboxylic acids is 1. The summed E-state index contributed by atoms with van der Waals surface area (Å²) in [7, 11) is 2.79. The quantitative estimate of drug-likeness (QED) is 0.482. The molecule has 116 valence electrons. The van der Waals surface area contributed by atoms with E-state index < -0.39 is 17.8 Å². The predicted octanol–water partition coefficient (Wildman–Crippen LogP) is 1.50. The Balaban J connectivity index is 0.000000394. The van der Waals surface area contributed by atoms with E-state index in [1.54, 1.807) is 18.3 Å². The first-order valence-electron chi connectivity index (χ1n) is 5.81. The smallest absolute Gasteiger partial charge is 0.304 e. The van der Waals surface area contributed by atoms with Crippen LogP contribution in [0.1, 0.15) is 23.2 Å². The molecule has 4 N–H and O–H groups in total. The molecule has 7 nitrogen and oxygen atoms in total. The molecule has 1 rings (SSSR count). The van der Waals surface area contributed by atoms with E-state index in [-0.39, 0.29) is 12.8 Å². The van der Waals surface area contributed by atoms with E-state index in [2.05, 4.69) is 4.98 Å². The molecule has 0 bridgehead atoms. The molecule has 0 aliphatic carbocycles. The van der Waals surface area contributed by atoms with E-state index in [1.807, 2.05) is 0 Å². The summed E-state index contributed by atoms with van der Waals surface area (Å²) in [6.07, 6.45) is 3.28. The summed E-state index contributed by atoms with van der Waals surface area (Å²) in [4.78, 5) is 34.1. The first kappa shape index (κ1) is 19.3. The van der Waals surface area contributed by atoms with Crippen molar-refractivity contribution < 1.29 is 24.6 Å². The number of nitrogens with two attached hydrogens (primary N) is 1. The van der Waals surface area contributed by atoms with Gasteiger partial charge in [0, 0.05) is 23.9 Å². The van der Waals surface area contributed by atoms with E-state index in [0.29, 0.717) is 17.1 Å². The van der Waals surface area contributed by atoms with Crippen molar-refractivity contribution in [3.05, 3.63) is 30.1 Å². The monoisotopic (exact) mass is 332 g/mol. The summed E-state index contributed by atoms with van der Waals surface area (Å²) in [6, 6.07) is 3.29. The molecule has 1 aromatic rings.